The van der Waals surface area contributed by atoms with Gasteiger partial charge in [0, 0.05) is 6.54 Å². The third-order valence-corrected chi connectivity index (χ3v) is 24.4. The van der Waals surface area contributed by atoms with Crippen LogP contribution in [0.3, 0.4) is 0 Å². The van der Waals surface area contributed by atoms with Gasteiger partial charge in [0.2, 0.25) is 27.6 Å². The summed E-state index contributed by atoms with van der Waals surface area (Å²) < 4.78 is 1.62. The number of nitrogens with zero attached hydrogens (tertiary/aromatic N) is 1. The largest absolute Gasteiger partial charge is 0.518 e. The molecule has 0 aromatic rings. The van der Waals surface area contributed by atoms with E-state index >= 15 is 0 Å². The van der Waals surface area contributed by atoms with E-state index in [1.165, 1.54) is 120 Å². The highest BCUT2D eigenvalue weighted by atomic mass is 28.4. The molecular weight excluding hydrogens is 375 g/mol. The molecule has 0 saturated heterocycles. The zero-order valence-electron chi connectivity index (χ0n) is 20.5. The Morgan fingerprint density at radius 1 is 0.593 bits per heavy atom. The monoisotopic (exact) mass is 430 g/mol. The van der Waals surface area contributed by atoms with Crippen LogP contribution in [0.15, 0.2) is 0 Å². The highest BCUT2D eigenvalue weighted by Crippen LogP contribution is 2.22. The minimum atomic E-state index is -1.02. The molecule has 0 N–H and O–H groups in total. The van der Waals surface area contributed by atoms with Gasteiger partial charge >= 0.3 is 0 Å². The second-order valence-corrected chi connectivity index (χ2v) is 23.3. The minimum Gasteiger partial charge on any atom is -0.518 e. The Hall–Kier alpha value is 0.611. The van der Waals surface area contributed by atoms with Crippen LogP contribution in [0.4, 0.5) is 0 Å². The van der Waals surface area contributed by atoms with E-state index in [0.717, 1.165) is 0 Å². The molecule has 164 valence electrons. The topological polar surface area (TPSA) is 0 Å². The average Bonchev–Trinajstić information content (AvgIpc) is 2.60. The average molecular weight is 431 g/mol. The van der Waals surface area contributed by atoms with E-state index in [4.69, 9.17) is 0 Å². The van der Waals surface area contributed by atoms with Crippen LogP contribution in [0, 0.1) is 0 Å². The number of quaternary nitrogens is 1. The van der Waals surface area contributed by atoms with Gasteiger partial charge in [-0.3, -0.25) is 0 Å². The van der Waals surface area contributed by atoms with Crippen molar-refractivity contribution in [1.29, 1.82) is 0 Å². The highest BCUT2D eigenvalue weighted by molar-refractivity contribution is 6.78. The number of unbranched alkanes of at least 4 members (excludes halogenated alkanes) is 15. The van der Waals surface area contributed by atoms with E-state index in [9.17, 15) is 0 Å². The number of rotatable bonds is 19. The van der Waals surface area contributed by atoms with Crippen molar-refractivity contribution in [3.8, 4) is 0 Å². The molecule has 0 spiro atoms. The lowest BCUT2D eigenvalue weighted by Crippen LogP contribution is -2.68. The van der Waals surface area contributed by atoms with Gasteiger partial charge in [-0.05, 0) is 45.6 Å². The first-order chi connectivity index (χ1) is 12.8. The second-order valence-electron chi connectivity index (χ2n) is 10.6. The van der Waals surface area contributed by atoms with E-state index in [1.54, 1.807) is 3.48 Å². The summed E-state index contributed by atoms with van der Waals surface area (Å²) in [7, 11) is -0.187. The fourth-order valence-electron chi connectivity index (χ4n) is 4.36. The lowest BCUT2D eigenvalue weighted by Gasteiger charge is -2.52. The second kappa shape index (κ2) is 16.4. The molecule has 0 fully saturated rings. The van der Waals surface area contributed by atoms with Gasteiger partial charge in [-0.25, -0.2) is 0 Å². The molecule has 0 saturated carbocycles. The summed E-state index contributed by atoms with van der Waals surface area (Å²) in [6.45, 7) is 16.8. The van der Waals surface area contributed by atoms with Crippen molar-refractivity contribution in [2.24, 2.45) is 0 Å². The quantitative estimate of drug-likeness (QED) is 0.150. The third kappa shape index (κ3) is 13.5. The van der Waals surface area contributed by atoms with Gasteiger partial charge in [0.1, 0.15) is 0 Å². The fourth-order valence-corrected chi connectivity index (χ4v) is 12.4. The summed E-state index contributed by atoms with van der Waals surface area (Å²) in [5.41, 5.74) is 0. The number of hydrogen-bond acceptors (Lipinski definition) is 0. The highest BCUT2D eigenvalue weighted by Gasteiger charge is 2.39. The van der Waals surface area contributed by atoms with Crippen LogP contribution in [0.25, 0.3) is 0 Å². The van der Waals surface area contributed by atoms with Crippen LogP contribution >= 0.6 is 0 Å². The van der Waals surface area contributed by atoms with Crippen LogP contribution < -0.4 is 0 Å². The predicted octanol–water partition coefficient (Wildman–Crippen LogP) is 7.16. The SMILES string of the molecule is CCCCCCCCCCCCCCCCCC[N+]([SiH3])([SiH](C)C)[Si](C)(C)C. The molecular formula is C23H56NSi3+. The van der Waals surface area contributed by atoms with Crippen LogP contribution in [0.2, 0.25) is 32.7 Å². The molecule has 0 aliphatic heterocycles. The normalized spacial score (nSPS) is 14.8. The molecule has 1 nitrogen and oxygen atoms in total. The first kappa shape index (κ1) is 27.6. The Labute approximate surface area is 180 Å². The van der Waals surface area contributed by atoms with Gasteiger partial charge < -0.3 is 3.48 Å². The van der Waals surface area contributed by atoms with Crippen LogP contribution in [0.1, 0.15) is 110 Å². The lowest BCUT2D eigenvalue weighted by molar-refractivity contribution is -0.591. The summed E-state index contributed by atoms with van der Waals surface area (Å²) in [6.07, 6.45) is 23.6. The molecule has 0 bridgehead atoms. The summed E-state index contributed by atoms with van der Waals surface area (Å²) in [5, 5.41) is 0. The maximum absolute atomic E-state index is 2.61. The molecule has 1 unspecified atom stereocenters. The molecule has 4 heteroatoms. The van der Waals surface area contributed by atoms with Crippen molar-refractivity contribution >= 4 is 27.6 Å². The van der Waals surface area contributed by atoms with Gasteiger partial charge in [-0.1, -0.05) is 96.8 Å². The van der Waals surface area contributed by atoms with Crippen LogP contribution in [0.5, 0.6) is 0 Å². The summed E-state index contributed by atoms with van der Waals surface area (Å²) in [4.78, 5) is 0. The Kier molecular flexibility index (Phi) is 16.8. The maximum Gasteiger partial charge on any atom is 0.242 e. The first-order valence-corrected chi connectivity index (χ1v) is 19.8. The Balaban J connectivity index is 3.43. The summed E-state index contributed by atoms with van der Waals surface area (Å²) >= 11 is 0. The zero-order chi connectivity index (χ0) is 20.6. The Bertz CT molecular complexity index is 328. The van der Waals surface area contributed by atoms with E-state index in [2.05, 4.69) is 39.7 Å². The Morgan fingerprint density at radius 2 is 0.889 bits per heavy atom. The van der Waals surface area contributed by atoms with E-state index < -0.39 is 17.2 Å². The first-order valence-electron chi connectivity index (χ1n) is 12.6. The van der Waals surface area contributed by atoms with Gasteiger partial charge in [0.25, 0.3) is 0 Å². The van der Waals surface area contributed by atoms with Gasteiger partial charge in [0.15, 0.2) is 0 Å². The minimum absolute atomic E-state index is 0.559. The van der Waals surface area contributed by atoms with Crippen molar-refractivity contribution in [3.05, 3.63) is 0 Å². The predicted molar refractivity (Wildman–Crippen MR) is 137 cm³/mol. The van der Waals surface area contributed by atoms with Crippen molar-refractivity contribution < 1.29 is 3.48 Å². The number of hydrogen-bond donors (Lipinski definition) is 0. The van der Waals surface area contributed by atoms with E-state index in [0.29, 0.717) is 0 Å². The fraction of sp³-hybridized carbons (Fsp3) is 1.00. The molecule has 0 amide bonds. The lowest BCUT2D eigenvalue weighted by atomic mass is 10.0. The molecule has 0 aromatic carbocycles. The molecule has 27 heavy (non-hydrogen) atoms. The van der Waals surface area contributed by atoms with Gasteiger partial charge in [-0.15, -0.1) is 0 Å². The Morgan fingerprint density at radius 3 is 1.15 bits per heavy atom. The summed E-state index contributed by atoms with van der Waals surface area (Å²) in [6, 6.07) is 0. The van der Waals surface area contributed by atoms with Crippen LogP contribution in [-0.2, 0) is 0 Å². The smallest absolute Gasteiger partial charge is 0.242 e. The van der Waals surface area contributed by atoms with Gasteiger partial charge in [0.05, 0.1) is 0 Å². The summed E-state index contributed by atoms with van der Waals surface area (Å²) in [5.74, 6) is 0. The van der Waals surface area contributed by atoms with Crippen molar-refractivity contribution in [2.45, 2.75) is 142 Å². The molecule has 1 atom stereocenters. The van der Waals surface area contributed by atoms with Crippen LogP contribution in [-0.4, -0.2) is 37.6 Å². The van der Waals surface area contributed by atoms with Crippen molar-refractivity contribution in [3.63, 3.8) is 0 Å². The van der Waals surface area contributed by atoms with E-state index in [1.807, 2.05) is 0 Å². The zero-order valence-corrected chi connectivity index (χ0v) is 24.7. The molecule has 0 aliphatic rings. The van der Waals surface area contributed by atoms with E-state index in [-0.39, 0.29) is 0 Å². The maximum atomic E-state index is 2.61. The molecule has 0 aromatic heterocycles. The standard InChI is InChI=1S/C23H56NSi3/c1-7-8-9-10-11-12-13-14-15-16-17-18-19-20-21-22-23-24(25,26(2)3)27(4,5)6/h26H,7-23H2,1-6,25H3/q+1. The molecule has 0 rings (SSSR count). The van der Waals surface area contributed by atoms with Crippen molar-refractivity contribution in [2.75, 3.05) is 6.54 Å². The van der Waals surface area contributed by atoms with Gasteiger partial charge in [-0.2, -0.15) is 0 Å². The third-order valence-electron chi connectivity index (χ3n) is 7.15. The molecule has 0 radical (unpaired) electrons. The molecule has 0 heterocycles. The molecule has 0 aliphatic carbocycles. The van der Waals surface area contributed by atoms with Crippen molar-refractivity contribution in [1.82, 2.24) is 0 Å².